The van der Waals surface area contributed by atoms with Gasteiger partial charge in [-0.1, -0.05) is 13.3 Å². The topological polar surface area (TPSA) is 97.1 Å². The van der Waals surface area contributed by atoms with Gasteiger partial charge in [-0.25, -0.2) is 0 Å². The van der Waals surface area contributed by atoms with E-state index in [1.807, 2.05) is 6.92 Å². The molecule has 0 radical (unpaired) electrons. The Morgan fingerprint density at radius 3 is 2.60 bits per heavy atom. The van der Waals surface area contributed by atoms with E-state index in [1.165, 1.54) is 0 Å². The maximum atomic E-state index is 11.8. The molecule has 0 spiro atoms. The molecule has 1 aromatic heterocycles. The van der Waals surface area contributed by atoms with Crippen molar-refractivity contribution in [2.75, 3.05) is 11.9 Å². The van der Waals surface area contributed by atoms with E-state index in [9.17, 15) is 9.59 Å². The number of aromatic nitrogens is 1. The van der Waals surface area contributed by atoms with Crippen molar-refractivity contribution < 1.29 is 9.59 Å². The van der Waals surface area contributed by atoms with E-state index in [0.717, 1.165) is 6.42 Å². The second-order valence-electron chi connectivity index (χ2n) is 4.96. The molecule has 0 saturated heterocycles. The largest absolute Gasteiger partial charge is 0.354 e. The molecule has 0 aliphatic carbocycles. The van der Waals surface area contributed by atoms with E-state index >= 15 is 0 Å². The van der Waals surface area contributed by atoms with Crippen LogP contribution in [0.5, 0.6) is 0 Å². The summed E-state index contributed by atoms with van der Waals surface area (Å²) < 4.78 is 0. The van der Waals surface area contributed by atoms with Crippen molar-refractivity contribution in [2.24, 2.45) is 5.73 Å². The van der Waals surface area contributed by atoms with E-state index in [4.69, 9.17) is 5.73 Å². The zero-order valence-corrected chi connectivity index (χ0v) is 12.0. The number of carbonyl (C=O) groups excluding carboxylic acids is 2. The highest BCUT2D eigenvalue weighted by Crippen LogP contribution is 2.08. The van der Waals surface area contributed by atoms with Gasteiger partial charge in [-0.3, -0.25) is 14.6 Å². The lowest BCUT2D eigenvalue weighted by Gasteiger charge is -2.22. The van der Waals surface area contributed by atoms with Crippen molar-refractivity contribution >= 4 is 17.5 Å². The fourth-order valence-corrected chi connectivity index (χ4v) is 1.78. The molecule has 20 heavy (non-hydrogen) atoms. The molecule has 110 valence electrons. The minimum absolute atomic E-state index is 0.161. The first-order chi connectivity index (χ1) is 9.45. The highest BCUT2D eigenvalue weighted by molar-refractivity contribution is 5.91. The summed E-state index contributed by atoms with van der Waals surface area (Å²) >= 11 is 0. The van der Waals surface area contributed by atoms with Crippen LogP contribution in [0.25, 0.3) is 0 Å². The number of nitrogens with zero attached hydrogens (tertiary/aromatic N) is 1. The highest BCUT2D eigenvalue weighted by atomic mass is 16.2. The zero-order chi connectivity index (χ0) is 15.0. The summed E-state index contributed by atoms with van der Waals surface area (Å²) in [7, 11) is 0. The molecule has 1 unspecified atom stereocenters. The normalized spacial score (nSPS) is 13.3. The highest BCUT2D eigenvalue weighted by Gasteiger charge is 2.26. The number of pyridine rings is 1. The summed E-state index contributed by atoms with van der Waals surface area (Å²) in [5.41, 5.74) is 5.70. The molecule has 1 rings (SSSR count). The fraction of sp³-hybridized carbons (Fsp3) is 0.500. The first-order valence-electron chi connectivity index (χ1n) is 6.73. The summed E-state index contributed by atoms with van der Waals surface area (Å²) in [6.45, 7) is 3.94. The van der Waals surface area contributed by atoms with Crippen molar-refractivity contribution in [1.82, 2.24) is 10.3 Å². The molecular formula is C14H22N4O2. The van der Waals surface area contributed by atoms with Gasteiger partial charge >= 0.3 is 0 Å². The third kappa shape index (κ3) is 5.36. The van der Waals surface area contributed by atoms with Crippen molar-refractivity contribution in [3.63, 3.8) is 0 Å². The summed E-state index contributed by atoms with van der Waals surface area (Å²) in [4.78, 5) is 27.3. The Balaban J connectivity index is 2.30. The van der Waals surface area contributed by atoms with Crippen LogP contribution in [-0.2, 0) is 9.59 Å². The van der Waals surface area contributed by atoms with Crippen LogP contribution in [0.1, 0.15) is 33.1 Å². The van der Waals surface area contributed by atoms with Crippen LogP contribution >= 0.6 is 0 Å². The molecule has 6 heteroatoms. The smallest absolute Gasteiger partial charge is 0.239 e. The molecule has 0 fully saturated rings. The molecule has 0 bridgehead atoms. The van der Waals surface area contributed by atoms with Gasteiger partial charge in [0.15, 0.2) is 0 Å². The van der Waals surface area contributed by atoms with Crippen LogP contribution in [-0.4, -0.2) is 28.9 Å². The van der Waals surface area contributed by atoms with E-state index in [2.05, 4.69) is 15.6 Å². The Bertz CT molecular complexity index is 446. The van der Waals surface area contributed by atoms with E-state index in [0.29, 0.717) is 12.1 Å². The van der Waals surface area contributed by atoms with Crippen LogP contribution in [0, 0.1) is 0 Å². The maximum Gasteiger partial charge on any atom is 0.239 e. The Hall–Kier alpha value is -1.95. The second-order valence-corrected chi connectivity index (χ2v) is 4.96. The van der Waals surface area contributed by atoms with Crippen LogP contribution in [0.3, 0.4) is 0 Å². The lowest BCUT2D eigenvalue weighted by Crippen LogP contribution is -2.51. The summed E-state index contributed by atoms with van der Waals surface area (Å²) in [6, 6.07) is 3.41. The van der Waals surface area contributed by atoms with Crippen LogP contribution in [0.4, 0.5) is 5.69 Å². The Morgan fingerprint density at radius 2 is 2.00 bits per heavy atom. The zero-order valence-electron chi connectivity index (χ0n) is 12.0. The van der Waals surface area contributed by atoms with Crippen molar-refractivity contribution in [3.05, 3.63) is 24.5 Å². The SMILES string of the molecule is CCCC(C)(N)C(=O)NCCC(=O)Nc1ccncc1. The lowest BCUT2D eigenvalue weighted by atomic mass is 9.96. The van der Waals surface area contributed by atoms with Gasteiger partial charge < -0.3 is 16.4 Å². The summed E-state index contributed by atoms with van der Waals surface area (Å²) in [5.74, 6) is -0.387. The van der Waals surface area contributed by atoms with Gasteiger partial charge in [0.2, 0.25) is 11.8 Å². The van der Waals surface area contributed by atoms with Crippen molar-refractivity contribution in [2.45, 2.75) is 38.6 Å². The van der Waals surface area contributed by atoms with Gasteiger partial charge in [-0.15, -0.1) is 0 Å². The van der Waals surface area contributed by atoms with Gasteiger partial charge in [-0.05, 0) is 25.5 Å². The minimum atomic E-state index is -0.879. The molecule has 0 saturated carbocycles. The predicted molar refractivity (Wildman–Crippen MR) is 78.0 cm³/mol. The van der Waals surface area contributed by atoms with Crippen LogP contribution in [0.2, 0.25) is 0 Å². The van der Waals surface area contributed by atoms with Crippen molar-refractivity contribution in [3.8, 4) is 0 Å². The van der Waals surface area contributed by atoms with Crippen molar-refractivity contribution in [1.29, 1.82) is 0 Å². The first-order valence-corrected chi connectivity index (χ1v) is 6.73. The molecule has 1 heterocycles. The van der Waals surface area contributed by atoms with E-state index < -0.39 is 5.54 Å². The number of hydrogen-bond donors (Lipinski definition) is 3. The number of nitrogens with one attached hydrogen (secondary N) is 2. The lowest BCUT2D eigenvalue weighted by molar-refractivity contribution is -0.126. The monoisotopic (exact) mass is 278 g/mol. The molecular weight excluding hydrogens is 256 g/mol. The maximum absolute atomic E-state index is 11.8. The standard InChI is InChI=1S/C14H22N4O2/c1-3-7-14(2,15)13(20)17-10-6-12(19)18-11-4-8-16-9-5-11/h4-5,8-9H,3,6-7,10,15H2,1-2H3,(H,17,20)(H,16,18,19). The quantitative estimate of drug-likeness (QED) is 0.694. The molecule has 0 aliphatic heterocycles. The number of nitrogens with two attached hydrogens (primary N) is 1. The molecule has 2 amide bonds. The molecule has 1 aromatic rings. The first kappa shape index (κ1) is 16.1. The molecule has 0 aromatic carbocycles. The van der Waals surface area contributed by atoms with E-state index in [1.54, 1.807) is 31.5 Å². The van der Waals surface area contributed by atoms with Gasteiger partial charge in [0.1, 0.15) is 0 Å². The third-order valence-electron chi connectivity index (χ3n) is 2.89. The Morgan fingerprint density at radius 1 is 1.35 bits per heavy atom. The van der Waals surface area contributed by atoms with Gasteiger partial charge in [0, 0.05) is 31.0 Å². The average Bonchev–Trinajstić information content (AvgIpc) is 2.39. The number of anilines is 1. The number of hydrogen-bond acceptors (Lipinski definition) is 4. The minimum Gasteiger partial charge on any atom is -0.354 e. The molecule has 4 N–H and O–H groups in total. The van der Waals surface area contributed by atoms with Gasteiger partial charge in [-0.2, -0.15) is 0 Å². The Kier molecular flexibility index (Phi) is 6.11. The van der Waals surface area contributed by atoms with Gasteiger partial charge in [0.05, 0.1) is 5.54 Å². The molecule has 6 nitrogen and oxygen atoms in total. The fourth-order valence-electron chi connectivity index (χ4n) is 1.78. The van der Waals surface area contributed by atoms with E-state index in [-0.39, 0.29) is 24.8 Å². The average molecular weight is 278 g/mol. The molecule has 1 atom stereocenters. The summed E-state index contributed by atoms with van der Waals surface area (Å²) in [6.07, 6.45) is 4.85. The molecule has 0 aliphatic rings. The third-order valence-corrected chi connectivity index (χ3v) is 2.89. The van der Waals surface area contributed by atoms with Crippen LogP contribution < -0.4 is 16.4 Å². The van der Waals surface area contributed by atoms with Crippen LogP contribution in [0.15, 0.2) is 24.5 Å². The second kappa shape index (κ2) is 7.59. The number of amides is 2. The Labute approximate surface area is 119 Å². The number of rotatable bonds is 7. The number of carbonyl (C=O) groups is 2. The van der Waals surface area contributed by atoms with Gasteiger partial charge in [0.25, 0.3) is 0 Å². The predicted octanol–water partition coefficient (Wildman–Crippen LogP) is 1.04. The summed E-state index contributed by atoms with van der Waals surface area (Å²) in [5, 5.41) is 5.41.